The summed E-state index contributed by atoms with van der Waals surface area (Å²) in [6.07, 6.45) is -3.29. The van der Waals surface area contributed by atoms with E-state index in [4.69, 9.17) is 19.5 Å². The predicted octanol–water partition coefficient (Wildman–Crippen LogP) is 0.248. The molecule has 0 saturated carbocycles. The summed E-state index contributed by atoms with van der Waals surface area (Å²) in [5.41, 5.74) is 4.26. The van der Waals surface area contributed by atoms with Gasteiger partial charge in [0.05, 0.1) is 19.5 Å². The molecule has 24 nitrogen and oxygen atoms in total. The monoisotopic (exact) mass is 889 g/mol. The Kier molecular flexibility index (Phi) is 18.2. The number of phosphoric acid groups is 3. The van der Waals surface area contributed by atoms with Gasteiger partial charge in [-0.2, -0.15) is 4.31 Å². The van der Waals surface area contributed by atoms with Crippen LogP contribution in [0.3, 0.4) is 0 Å². The molecule has 2 unspecified atom stereocenters. The molecule has 2 aromatic rings. The van der Waals surface area contributed by atoms with Crippen molar-refractivity contribution in [1.82, 2.24) is 30.2 Å². The molecule has 0 bridgehead atoms. The number of fused-ring (bicyclic) bond motifs is 1. The van der Waals surface area contributed by atoms with E-state index in [9.17, 15) is 57.9 Å². The molecular weight excluding hydrogens is 843 g/mol. The van der Waals surface area contributed by atoms with Gasteiger partial charge in [-0.3, -0.25) is 32.5 Å². The smallest absolute Gasteiger partial charge is 0.386 e. The number of hydrogen-bond donors (Lipinski definition) is 9. The molecule has 0 radical (unpaired) electrons. The number of nitrogen functional groups attached to an aromatic ring is 1. The highest BCUT2D eigenvalue weighted by molar-refractivity contribution is 8.14. The van der Waals surface area contributed by atoms with Crippen molar-refractivity contribution in [3.8, 4) is 11.8 Å². The highest BCUT2D eigenvalue weighted by Gasteiger charge is 2.50. The zero-order valence-corrected chi connectivity index (χ0v) is 34.4. The molecule has 28 heteroatoms. The molecule has 57 heavy (non-hydrogen) atoms. The van der Waals surface area contributed by atoms with Gasteiger partial charge < -0.3 is 50.9 Å². The van der Waals surface area contributed by atoms with Crippen LogP contribution >= 0.6 is 35.2 Å². The summed E-state index contributed by atoms with van der Waals surface area (Å²) in [6, 6.07) is 0. The number of phosphoric ester groups is 3. The van der Waals surface area contributed by atoms with E-state index in [0.717, 1.165) is 48.2 Å². The minimum absolute atomic E-state index is 0.0294. The number of imidazole rings is 1. The summed E-state index contributed by atoms with van der Waals surface area (Å²) in [6.45, 7) is 2.50. The fourth-order valence-electron chi connectivity index (χ4n) is 4.91. The summed E-state index contributed by atoms with van der Waals surface area (Å²) in [5, 5.41) is 26.0. The number of nitrogens with two attached hydrogens (primary N) is 1. The van der Waals surface area contributed by atoms with Gasteiger partial charge in [0.25, 0.3) is 5.12 Å². The Bertz CT molecular complexity index is 1920. The van der Waals surface area contributed by atoms with Gasteiger partial charge in [-0.1, -0.05) is 51.3 Å². The van der Waals surface area contributed by atoms with Crippen LogP contribution in [0.4, 0.5) is 5.82 Å². The van der Waals surface area contributed by atoms with Crippen LogP contribution in [0, 0.1) is 17.3 Å². The highest BCUT2D eigenvalue weighted by Crippen LogP contribution is 2.61. The maximum absolute atomic E-state index is 12.7. The first-order valence-electron chi connectivity index (χ1n) is 17.1. The number of unbranched alkanes of at least 4 members (excludes halogenated alkanes) is 3. The van der Waals surface area contributed by atoms with E-state index in [0.29, 0.717) is 6.42 Å². The van der Waals surface area contributed by atoms with Crippen LogP contribution < -0.4 is 16.4 Å². The molecule has 320 valence electrons. The summed E-state index contributed by atoms with van der Waals surface area (Å²) < 4.78 is 62.1. The van der Waals surface area contributed by atoms with Gasteiger partial charge in [0, 0.05) is 37.1 Å². The van der Waals surface area contributed by atoms with Crippen molar-refractivity contribution in [2.45, 2.75) is 83.5 Å². The molecule has 7 atom stereocenters. The normalized spacial score (nSPS) is 21.2. The van der Waals surface area contributed by atoms with E-state index in [1.807, 2.05) is 0 Å². The Balaban J connectivity index is 1.46. The van der Waals surface area contributed by atoms with Crippen molar-refractivity contribution < 1.29 is 80.5 Å². The van der Waals surface area contributed by atoms with Gasteiger partial charge in [-0.05, 0) is 12.3 Å². The zero-order chi connectivity index (χ0) is 42.6. The van der Waals surface area contributed by atoms with Crippen LogP contribution in [-0.2, 0) is 50.7 Å². The third-order valence-electron chi connectivity index (χ3n) is 7.83. The Morgan fingerprint density at radius 2 is 1.77 bits per heavy atom. The number of hydrogen-bond acceptors (Lipinski definition) is 18. The number of ether oxygens (including phenoxy) is 1. The minimum Gasteiger partial charge on any atom is -0.386 e. The number of nitrogens with one attached hydrogen (secondary N) is 2. The first kappa shape index (κ1) is 48.5. The van der Waals surface area contributed by atoms with Crippen molar-refractivity contribution in [3.63, 3.8) is 0 Å². The number of nitrogens with zero attached hydrogens (tertiary/aromatic N) is 4. The maximum atomic E-state index is 12.7. The first-order chi connectivity index (χ1) is 26.6. The largest absolute Gasteiger partial charge is 0.481 e. The van der Waals surface area contributed by atoms with Crippen LogP contribution in [0.1, 0.15) is 59.1 Å². The molecule has 1 fully saturated rings. The standard InChI is InChI=1S/C29H46N7O17P3S/c1-4-5-6-7-8-9-20(38)57-13-12-31-19(37)10-11-32-27(41)24(40)29(2,3)15-50-56(47,48)53-55(45,46)49-14-18-23(52-54(42,43)44)22(39)28(51-18)36-17-35-21-25(30)33-16-34-26(21)36/h16-18,22-24,28,39-40H,4-7,10-15H2,1-3H3,(H,31,37)(H,32,41)(H,45,46)(H,47,48)(H2,30,33,34)(H2,42,43,44)/t18-,22-,23-,24+,28-/m1/s1. The van der Waals surface area contributed by atoms with Crippen molar-refractivity contribution >= 4 is 69.1 Å². The van der Waals surface area contributed by atoms with Crippen LogP contribution in [-0.4, -0.2) is 123 Å². The Morgan fingerprint density at radius 1 is 1.07 bits per heavy atom. The second-order valence-corrected chi connectivity index (χ2v) is 18.3. The van der Waals surface area contributed by atoms with E-state index in [2.05, 4.69) is 53.2 Å². The van der Waals surface area contributed by atoms with E-state index < -0.39 is 84.6 Å². The van der Waals surface area contributed by atoms with E-state index in [1.54, 1.807) is 0 Å². The molecule has 1 aliphatic heterocycles. The molecule has 10 N–H and O–H groups in total. The molecule has 0 aliphatic carbocycles. The quantitative estimate of drug-likeness (QED) is 0.0434. The maximum Gasteiger partial charge on any atom is 0.481 e. The predicted molar refractivity (Wildman–Crippen MR) is 199 cm³/mol. The fraction of sp³-hybridized carbons (Fsp3) is 0.655. The average molecular weight is 890 g/mol. The van der Waals surface area contributed by atoms with Crippen LogP contribution in [0.25, 0.3) is 11.2 Å². The lowest BCUT2D eigenvalue weighted by atomic mass is 9.87. The molecule has 3 rings (SSSR count). The van der Waals surface area contributed by atoms with E-state index >= 15 is 0 Å². The number of aliphatic hydroxyl groups is 2. The summed E-state index contributed by atoms with van der Waals surface area (Å²) in [4.78, 5) is 87.4. The SMILES string of the molecule is CCCCCC#CC(=O)SCCNC(=O)CCNC(=O)[C@H](O)C(C)(C)COP(=O)(O)OP(=O)(O)OC[C@H]1O[C@@H](n2cnc3c(N)ncnc32)[C@H](O)[C@@H]1OP(=O)(O)O. The van der Waals surface area contributed by atoms with Crippen LogP contribution in [0.2, 0.25) is 0 Å². The van der Waals surface area contributed by atoms with Crippen molar-refractivity contribution in [3.05, 3.63) is 12.7 Å². The van der Waals surface area contributed by atoms with Gasteiger partial charge in [0.15, 0.2) is 17.7 Å². The number of aliphatic hydroxyl groups excluding tert-OH is 2. The average Bonchev–Trinajstić information content (AvgIpc) is 3.68. The Labute approximate surface area is 330 Å². The van der Waals surface area contributed by atoms with Crippen LogP contribution in [0.15, 0.2) is 12.7 Å². The number of amides is 2. The zero-order valence-electron chi connectivity index (χ0n) is 30.9. The summed E-state index contributed by atoms with van der Waals surface area (Å²) in [5.74, 6) is 4.15. The topological polar surface area (TPSA) is 364 Å². The third-order valence-corrected chi connectivity index (χ3v) is 11.7. The van der Waals surface area contributed by atoms with E-state index in [1.165, 1.54) is 13.8 Å². The fourth-order valence-corrected chi connectivity index (χ4v) is 8.27. The van der Waals surface area contributed by atoms with Crippen molar-refractivity contribution in [2.75, 3.05) is 37.8 Å². The molecule has 0 aromatic carbocycles. The third kappa shape index (κ3) is 15.7. The van der Waals surface area contributed by atoms with E-state index in [-0.39, 0.29) is 47.4 Å². The Hall–Kier alpha value is -2.88. The number of aromatic nitrogens is 4. The van der Waals surface area contributed by atoms with Gasteiger partial charge in [-0.25, -0.2) is 28.6 Å². The second kappa shape index (κ2) is 21.4. The molecule has 2 amide bonds. The molecule has 2 aromatic heterocycles. The first-order valence-corrected chi connectivity index (χ1v) is 22.6. The number of carbonyl (C=O) groups is 3. The molecule has 1 aliphatic rings. The summed E-state index contributed by atoms with van der Waals surface area (Å²) in [7, 11) is -16.4. The Morgan fingerprint density at radius 3 is 2.46 bits per heavy atom. The minimum atomic E-state index is -5.57. The van der Waals surface area contributed by atoms with Crippen molar-refractivity contribution in [1.29, 1.82) is 0 Å². The number of rotatable bonds is 22. The summed E-state index contributed by atoms with van der Waals surface area (Å²) >= 11 is 0.960. The van der Waals surface area contributed by atoms with Crippen LogP contribution in [0.5, 0.6) is 0 Å². The molecular formula is C29H46N7O17P3S. The number of anilines is 1. The van der Waals surface area contributed by atoms with Gasteiger partial charge in [0.2, 0.25) is 11.8 Å². The highest BCUT2D eigenvalue weighted by atomic mass is 32.2. The lowest BCUT2D eigenvalue weighted by Crippen LogP contribution is -2.46. The number of carbonyl (C=O) groups excluding carboxylic acids is 3. The van der Waals surface area contributed by atoms with Gasteiger partial charge in [-0.15, -0.1) is 0 Å². The number of thioether (sulfide) groups is 1. The molecule has 0 spiro atoms. The van der Waals surface area contributed by atoms with Crippen molar-refractivity contribution in [2.24, 2.45) is 5.41 Å². The van der Waals surface area contributed by atoms with Gasteiger partial charge >= 0.3 is 23.5 Å². The van der Waals surface area contributed by atoms with Gasteiger partial charge in [0.1, 0.15) is 36.3 Å². The lowest BCUT2D eigenvalue weighted by Gasteiger charge is -2.30. The second-order valence-electron chi connectivity index (χ2n) is 13.0. The lowest BCUT2D eigenvalue weighted by molar-refractivity contribution is -0.137. The molecule has 1 saturated heterocycles. The molecule has 3 heterocycles.